The summed E-state index contributed by atoms with van der Waals surface area (Å²) in [5, 5.41) is 0. The molecule has 1 fully saturated rings. The summed E-state index contributed by atoms with van der Waals surface area (Å²) < 4.78 is 5.77. The molecule has 0 saturated carbocycles. The molecule has 2 aliphatic heterocycles. The van der Waals surface area contributed by atoms with Crippen molar-refractivity contribution in [2.24, 2.45) is 0 Å². The molecule has 0 aromatic heterocycles. The maximum absolute atomic E-state index is 13.9. The highest BCUT2D eigenvalue weighted by Crippen LogP contribution is 2.38. The van der Waals surface area contributed by atoms with Gasteiger partial charge < -0.3 is 9.64 Å². The highest BCUT2D eigenvalue weighted by Gasteiger charge is 2.30. The van der Waals surface area contributed by atoms with Crippen LogP contribution in [0, 0.1) is 20.8 Å². The van der Waals surface area contributed by atoms with E-state index in [9.17, 15) is 4.79 Å². The van der Waals surface area contributed by atoms with Crippen LogP contribution in [0.1, 0.15) is 66.0 Å². The summed E-state index contributed by atoms with van der Waals surface area (Å²) in [6, 6.07) is 11.3. The van der Waals surface area contributed by atoms with Crippen molar-refractivity contribution in [1.29, 1.82) is 0 Å². The summed E-state index contributed by atoms with van der Waals surface area (Å²) in [7, 11) is 1.74. The first-order valence-electron chi connectivity index (χ1n) is 13.0. The summed E-state index contributed by atoms with van der Waals surface area (Å²) in [5.74, 6) is 1.12. The van der Waals surface area contributed by atoms with Crippen molar-refractivity contribution in [1.82, 2.24) is 14.7 Å². The first-order chi connectivity index (χ1) is 16.8. The third-order valence-electron chi connectivity index (χ3n) is 7.33. The molecule has 1 unspecified atom stereocenters. The van der Waals surface area contributed by atoms with Crippen molar-refractivity contribution < 1.29 is 9.53 Å². The topological polar surface area (TPSA) is 36.0 Å². The van der Waals surface area contributed by atoms with Gasteiger partial charge in [0, 0.05) is 43.4 Å². The maximum atomic E-state index is 13.9. The number of likely N-dealkylation sites (N-methyl/N-ethyl adjacent to an activating group) is 1. The van der Waals surface area contributed by atoms with Crippen LogP contribution in [0.3, 0.4) is 0 Å². The van der Waals surface area contributed by atoms with Crippen molar-refractivity contribution >= 4 is 6.03 Å². The number of hydrogen-bond donors (Lipinski definition) is 0. The molecule has 2 aromatic carbocycles. The minimum absolute atomic E-state index is 0.118. The molecule has 2 aliphatic rings. The van der Waals surface area contributed by atoms with Crippen LogP contribution < -0.4 is 4.74 Å². The maximum Gasteiger partial charge on any atom is 0.324 e. The minimum Gasteiger partial charge on any atom is -0.496 e. The van der Waals surface area contributed by atoms with Gasteiger partial charge in [0.15, 0.2) is 0 Å². The van der Waals surface area contributed by atoms with Crippen molar-refractivity contribution in [3.05, 3.63) is 75.5 Å². The normalized spacial score (nSPS) is 19.5. The van der Waals surface area contributed by atoms with E-state index in [0.717, 1.165) is 50.5 Å². The van der Waals surface area contributed by atoms with E-state index in [-0.39, 0.29) is 11.9 Å². The quantitative estimate of drug-likeness (QED) is 0.531. The number of rotatable bonds is 4. The highest BCUT2D eigenvalue weighted by atomic mass is 16.5. The smallest absolute Gasteiger partial charge is 0.324 e. The molecule has 35 heavy (non-hydrogen) atoms. The Morgan fingerprint density at radius 3 is 2.37 bits per heavy atom. The summed E-state index contributed by atoms with van der Waals surface area (Å²) in [5.41, 5.74) is 8.69. The van der Waals surface area contributed by atoms with E-state index in [1.54, 1.807) is 7.11 Å². The summed E-state index contributed by atoms with van der Waals surface area (Å²) in [6.45, 7) is 15.6. The molecule has 2 aromatic rings. The van der Waals surface area contributed by atoms with E-state index in [0.29, 0.717) is 13.1 Å². The van der Waals surface area contributed by atoms with Crippen LogP contribution in [-0.2, 0) is 13.1 Å². The lowest BCUT2D eigenvalue weighted by Crippen LogP contribution is -2.46. The van der Waals surface area contributed by atoms with Gasteiger partial charge in [-0.15, -0.1) is 0 Å². The Hall–Kier alpha value is -2.79. The number of methoxy groups -OCH3 is 1. The third kappa shape index (κ3) is 5.72. The minimum atomic E-state index is 0.118. The second kappa shape index (κ2) is 10.9. The van der Waals surface area contributed by atoms with E-state index in [4.69, 9.17) is 4.74 Å². The Labute approximate surface area is 211 Å². The van der Waals surface area contributed by atoms with Crippen molar-refractivity contribution in [3.63, 3.8) is 0 Å². The molecule has 5 nitrogen and oxygen atoms in total. The van der Waals surface area contributed by atoms with E-state index in [1.165, 1.54) is 33.4 Å². The van der Waals surface area contributed by atoms with Gasteiger partial charge in [-0.2, -0.15) is 0 Å². The van der Waals surface area contributed by atoms with E-state index < -0.39 is 0 Å². The zero-order valence-electron chi connectivity index (χ0n) is 22.4. The Morgan fingerprint density at radius 1 is 0.971 bits per heavy atom. The van der Waals surface area contributed by atoms with Crippen LogP contribution in [0.5, 0.6) is 5.75 Å². The van der Waals surface area contributed by atoms with Gasteiger partial charge in [-0.25, -0.2) is 4.79 Å². The number of amides is 2. The number of benzene rings is 2. The second-order valence-electron chi connectivity index (χ2n) is 10.3. The predicted molar refractivity (Wildman–Crippen MR) is 143 cm³/mol. The van der Waals surface area contributed by atoms with Gasteiger partial charge in [0.1, 0.15) is 5.75 Å². The lowest BCUT2D eigenvalue weighted by atomic mass is 9.93. The molecule has 1 saturated heterocycles. The van der Waals surface area contributed by atoms with Gasteiger partial charge in [0.05, 0.1) is 13.7 Å². The molecular weight excluding hydrogens is 434 g/mol. The Balaban J connectivity index is 1.62. The molecule has 2 amide bonds. The predicted octanol–water partition coefficient (Wildman–Crippen LogP) is 6.16. The number of carbonyl (C=O) groups excluding carboxylic acids is 1. The van der Waals surface area contributed by atoms with Gasteiger partial charge in [-0.1, -0.05) is 48.4 Å². The highest BCUT2D eigenvalue weighted by molar-refractivity contribution is 5.77. The van der Waals surface area contributed by atoms with Crippen molar-refractivity contribution in [3.8, 4) is 5.75 Å². The number of ether oxygens (including phenoxy) is 1. The van der Waals surface area contributed by atoms with Gasteiger partial charge in [0.25, 0.3) is 0 Å². The van der Waals surface area contributed by atoms with Crippen LogP contribution in [-0.4, -0.2) is 54.0 Å². The van der Waals surface area contributed by atoms with E-state index in [2.05, 4.69) is 75.9 Å². The first kappa shape index (κ1) is 25.3. The van der Waals surface area contributed by atoms with Gasteiger partial charge in [-0.3, -0.25) is 9.80 Å². The average molecular weight is 476 g/mol. The van der Waals surface area contributed by atoms with Gasteiger partial charge in [0.2, 0.25) is 0 Å². The number of fused-ring (bicyclic) bond motifs is 2. The summed E-state index contributed by atoms with van der Waals surface area (Å²) in [6.07, 6.45) is 4.23. The van der Waals surface area contributed by atoms with Crippen LogP contribution >= 0.6 is 0 Å². The molecule has 188 valence electrons. The number of carbonyl (C=O) groups is 1. The molecule has 0 N–H and O–H groups in total. The number of hydrogen-bond acceptors (Lipinski definition) is 3. The Bertz CT molecular complexity index is 1090. The van der Waals surface area contributed by atoms with Crippen LogP contribution in [0.25, 0.3) is 0 Å². The number of aryl methyl sites for hydroxylation is 3. The monoisotopic (exact) mass is 475 g/mol. The molecule has 0 bridgehead atoms. The zero-order chi connectivity index (χ0) is 25.1. The van der Waals surface area contributed by atoms with Crippen molar-refractivity contribution in [2.45, 2.75) is 66.5 Å². The molecular formula is C30H41N3O2. The zero-order valence-corrected chi connectivity index (χ0v) is 22.4. The van der Waals surface area contributed by atoms with Gasteiger partial charge >= 0.3 is 6.03 Å². The summed E-state index contributed by atoms with van der Waals surface area (Å²) >= 11 is 0. The van der Waals surface area contributed by atoms with E-state index >= 15 is 0 Å². The lowest BCUT2D eigenvalue weighted by Gasteiger charge is -2.35. The average Bonchev–Trinajstić information content (AvgIpc) is 2.93. The molecule has 4 rings (SSSR count). The van der Waals surface area contributed by atoms with Crippen LogP contribution in [0.2, 0.25) is 0 Å². The molecule has 2 heterocycles. The fraction of sp³-hybridized carbons (Fsp3) is 0.500. The standard InChI is InChI=1S/C30H41N3O2/c1-7-32-12-11-31(19-25-14-21(2)13-22(3)15-25)10-8-9-27-18-24(5)29-26(20-33(27)30(32)34)16-23(4)17-28(29)35-6/h13-18,24H,7-12,19-20H2,1-6H3. The number of nitrogens with zero attached hydrogens (tertiary/aromatic N) is 3. The fourth-order valence-corrected chi connectivity index (χ4v) is 5.79. The van der Waals surface area contributed by atoms with Crippen LogP contribution in [0.15, 0.2) is 42.1 Å². The van der Waals surface area contributed by atoms with E-state index in [1.807, 2.05) is 9.80 Å². The van der Waals surface area contributed by atoms with Crippen molar-refractivity contribution in [2.75, 3.05) is 33.3 Å². The van der Waals surface area contributed by atoms with Gasteiger partial charge in [-0.05, 0) is 69.8 Å². The molecule has 1 atom stereocenters. The Kier molecular flexibility index (Phi) is 7.85. The fourth-order valence-electron chi connectivity index (χ4n) is 5.79. The lowest BCUT2D eigenvalue weighted by molar-refractivity contribution is 0.146. The number of allylic oxidation sites excluding steroid dienone is 2. The molecule has 5 heteroatoms. The Morgan fingerprint density at radius 2 is 1.69 bits per heavy atom. The largest absolute Gasteiger partial charge is 0.496 e. The summed E-state index contributed by atoms with van der Waals surface area (Å²) in [4.78, 5) is 20.4. The number of urea groups is 1. The molecule has 0 aliphatic carbocycles. The van der Waals surface area contributed by atoms with Crippen LogP contribution in [0.4, 0.5) is 4.79 Å². The molecule has 0 spiro atoms. The third-order valence-corrected chi connectivity index (χ3v) is 7.33. The first-order valence-corrected chi connectivity index (χ1v) is 13.0. The molecule has 0 radical (unpaired) electrons. The SMILES string of the molecule is CCN1CCN(Cc2cc(C)cc(C)c2)CCCC2=CC(C)c3c(cc(C)cc3OC)CN2C1=O. The second-order valence-corrected chi connectivity index (χ2v) is 10.3.